The van der Waals surface area contributed by atoms with Crippen molar-refractivity contribution in [3.63, 3.8) is 0 Å². The van der Waals surface area contributed by atoms with Crippen LogP contribution in [0.4, 0.5) is 0 Å². The number of hydrogen-bond acceptors (Lipinski definition) is 3. The lowest BCUT2D eigenvalue weighted by Gasteiger charge is -2.32. The molecule has 4 nitrogen and oxygen atoms in total. The fourth-order valence-corrected chi connectivity index (χ4v) is 3.01. The Morgan fingerprint density at radius 2 is 2.00 bits per heavy atom. The van der Waals surface area contributed by atoms with Crippen LogP contribution in [-0.4, -0.2) is 35.0 Å². The Balaban J connectivity index is 1.59. The molecule has 2 heterocycles. The van der Waals surface area contributed by atoms with E-state index in [4.69, 9.17) is 4.74 Å². The van der Waals surface area contributed by atoms with Crippen molar-refractivity contribution in [3.8, 4) is 5.75 Å². The van der Waals surface area contributed by atoms with Gasteiger partial charge in [0.1, 0.15) is 11.9 Å². The lowest BCUT2D eigenvalue weighted by atomic mass is 10.0. The first-order chi connectivity index (χ1) is 11.1. The van der Waals surface area contributed by atoms with Gasteiger partial charge >= 0.3 is 0 Å². The Morgan fingerprint density at radius 3 is 2.65 bits per heavy atom. The van der Waals surface area contributed by atoms with E-state index in [-0.39, 0.29) is 12.0 Å². The summed E-state index contributed by atoms with van der Waals surface area (Å²) in [5, 5.41) is 0. The Hall–Kier alpha value is -2.36. The van der Waals surface area contributed by atoms with Gasteiger partial charge in [-0.2, -0.15) is 0 Å². The highest BCUT2D eigenvalue weighted by Gasteiger charge is 2.25. The fourth-order valence-electron chi connectivity index (χ4n) is 3.01. The highest BCUT2D eigenvalue weighted by Crippen LogP contribution is 2.20. The van der Waals surface area contributed by atoms with Crippen molar-refractivity contribution < 1.29 is 9.53 Å². The predicted molar refractivity (Wildman–Crippen MR) is 89.7 cm³/mol. The largest absolute Gasteiger partial charge is 0.489 e. The normalized spacial score (nSPS) is 15.5. The van der Waals surface area contributed by atoms with Gasteiger partial charge in [0.25, 0.3) is 5.91 Å². The van der Waals surface area contributed by atoms with E-state index in [2.05, 4.69) is 11.1 Å². The summed E-state index contributed by atoms with van der Waals surface area (Å²) in [6, 6.07) is 9.78. The number of rotatable bonds is 3. The average Bonchev–Trinajstić information content (AvgIpc) is 2.56. The summed E-state index contributed by atoms with van der Waals surface area (Å²) in [5.41, 5.74) is 3.04. The van der Waals surface area contributed by atoms with E-state index >= 15 is 0 Å². The van der Waals surface area contributed by atoms with Crippen LogP contribution < -0.4 is 4.74 Å². The lowest BCUT2D eigenvalue weighted by Crippen LogP contribution is -2.42. The monoisotopic (exact) mass is 310 g/mol. The third-order valence-corrected chi connectivity index (χ3v) is 4.28. The third-order valence-electron chi connectivity index (χ3n) is 4.28. The number of carbonyl (C=O) groups is 1. The summed E-state index contributed by atoms with van der Waals surface area (Å²) in [7, 11) is 0. The minimum absolute atomic E-state index is 0.127. The molecule has 0 N–H and O–H groups in total. The number of carbonyl (C=O) groups excluding carboxylic acids is 1. The van der Waals surface area contributed by atoms with E-state index in [0.717, 1.165) is 42.8 Å². The second-order valence-corrected chi connectivity index (χ2v) is 6.12. The zero-order valence-corrected chi connectivity index (χ0v) is 13.7. The molecule has 3 rings (SSSR count). The van der Waals surface area contributed by atoms with Crippen molar-refractivity contribution in [1.82, 2.24) is 9.88 Å². The van der Waals surface area contributed by atoms with Crippen molar-refractivity contribution in [1.29, 1.82) is 0 Å². The molecule has 1 aromatic heterocycles. The molecule has 1 aliphatic rings. The van der Waals surface area contributed by atoms with Crippen molar-refractivity contribution >= 4 is 5.91 Å². The van der Waals surface area contributed by atoms with E-state index in [0.29, 0.717) is 0 Å². The van der Waals surface area contributed by atoms with Gasteiger partial charge in [0.2, 0.25) is 0 Å². The first-order valence-corrected chi connectivity index (χ1v) is 8.06. The molecule has 1 aliphatic heterocycles. The van der Waals surface area contributed by atoms with Crippen LogP contribution in [0.15, 0.2) is 42.7 Å². The number of aromatic nitrogens is 1. The van der Waals surface area contributed by atoms with E-state index in [1.54, 1.807) is 12.4 Å². The summed E-state index contributed by atoms with van der Waals surface area (Å²) >= 11 is 0. The van der Waals surface area contributed by atoms with Crippen LogP contribution in [0, 0.1) is 13.8 Å². The number of hydrogen-bond donors (Lipinski definition) is 0. The number of ether oxygens (including phenoxy) is 1. The second kappa shape index (κ2) is 6.82. The quantitative estimate of drug-likeness (QED) is 0.873. The summed E-state index contributed by atoms with van der Waals surface area (Å²) in [5.74, 6) is 0.925. The molecule has 0 aliphatic carbocycles. The van der Waals surface area contributed by atoms with Crippen LogP contribution in [0.25, 0.3) is 0 Å². The molecule has 1 fully saturated rings. The maximum Gasteiger partial charge on any atom is 0.254 e. The maximum absolute atomic E-state index is 12.7. The first kappa shape index (κ1) is 15.5. The van der Waals surface area contributed by atoms with Crippen LogP contribution in [0.5, 0.6) is 5.75 Å². The predicted octanol–water partition coefficient (Wildman–Crippen LogP) is 3.38. The lowest BCUT2D eigenvalue weighted by molar-refractivity contribution is 0.0594. The molecule has 2 aromatic rings. The van der Waals surface area contributed by atoms with Crippen LogP contribution in [0.2, 0.25) is 0 Å². The number of piperidine rings is 1. The Kier molecular flexibility index (Phi) is 4.60. The molecule has 0 bridgehead atoms. The zero-order valence-electron chi connectivity index (χ0n) is 13.7. The number of nitrogens with zero attached hydrogens (tertiary/aromatic N) is 2. The molecule has 120 valence electrons. The van der Waals surface area contributed by atoms with E-state index in [9.17, 15) is 4.79 Å². The van der Waals surface area contributed by atoms with E-state index < -0.39 is 0 Å². The summed E-state index contributed by atoms with van der Waals surface area (Å²) < 4.78 is 5.93. The molecular weight excluding hydrogens is 288 g/mol. The van der Waals surface area contributed by atoms with Crippen molar-refractivity contribution in [2.75, 3.05) is 13.1 Å². The van der Waals surface area contributed by atoms with Crippen LogP contribution in [0.3, 0.4) is 0 Å². The Bertz CT molecular complexity index is 677. The minimum Gasteiger partial charge on any atom is -0.489 e. The molecule has 0 unspecified atom stereocenters. The van der Waals surface area contributed by atoms with Gasteiger partial charge < -0.3 is 9.64 Å². The van der Waals surface area contributed by atoms with Gasteiger partial charge in [0.15, 0.2) is 0 Å². The molecule has 1 saturated heterocycles. The number of aryl methyl sites for hydroxylation is 2. The average molecular weight is 310 g/mol. The minimum atomic E-state index is 0.127. The SMILES string of the molecule is Cc1ccc(C(=O)N2CCC(Oc3cccnc3)CC2)c(C)c1. The summed E-state index contributed by atoms with van der Waals surface area (Å²) in [6.45, 7) is 5.51. The second-order valence-electron chi connectivity index (χ2n) is 6.12. The Morgan fingerprint density at radius 1 is 1.22 bits per heavy atom. The van der Waals surface area contributed by atoms with Gasteiger partial charge in [-0.25, -0.2) is 0 Å². The number of likely N-dealkylation sites (tertiary alicyclic amines) is 1. The molecule has 1 aromatic carbocycles. The van der Waals surface area contributed by atoms with Crippen molar-refractivity contribution in [3.05, 3.63) is 59.4 Å². The highest BCUT2D eigenvalue weighted by atomic mass is 16.5. The first-order valence-electron chi connectivity index (χ1n) is 8.06. The molecule has 0 spiro atoms. The molecule has 23 heavy (non-hydrogen) atoms. The van der Waals surface area contributed by atoms with Gasteiger partial charge in [-0.1, -0.05) is 17.7 Å². The number of benzene rings is 1. The van der Waals surface area contributed by atoms with Gasteiger partial charge in [-0.05, 0) is 37.6 Å². The highest BCUT2D eigenvalue weighted by molar-refractivity contribution is 5.95. The topological polar surface area (TPSA) is 42.4 Å². The van der Waals surface area contributed by atoms with Gasteiger partial charge in [0.05, 0.1) is 6.20 Å². The fraction of sp³-hybridized carbons (Fsp3) is 0.368. The molecule has 0 atom stereocenters. The summed E-state index contributed by atoms with van der Waals surface area (Å²) in [4.78, 5) is 18.7. The van der Waals surface area contributed by atoms with Gasteiger partial charge in [0, 0.05) is 37.7 Å². The van der Waals surface area contributed by atoms with Crippen molar-refractivity contribution in [2.45, 2.75) is 32.8 Å². The maximum atomic E-state index is 12.7. The number of pyridine rings is 1. The van der Waals surface area contributed by atoms with Crippen LogP contribution in [-0.2, 0) is 0 Å². The van der Waals surface area contributed by atoms with Crippen LogP contribution >= 0.6 is 0 Å². The number of amides is 1. The standard InChI is InChI=1S/C19H22N2O2/c1-14-5-6-18(15(2)12-14)19(22)21-10-7-16(8-11-21)23-17-4-3-9-20-13-17/h3-6,9,12-13,16H,7-8,10-11H2,1-2H3. The van der Waals surface area contributed by atoms with Crippen molar-refractivity contribution in [2.24, 2.45) is 0 Å². The van der Waals surface area contributed by atoms with Crippen LogP contribution in [0.1, 0.15) is 34.3 Å². The zero-order chi connectivity index (χ0) is 16.2. The summed E-state index contributed by atoms with van der Waals surface area (Å²) in [6.07, 6.45) is 5.32. The third kappa shape index (κ3) is 3.70. The Labute approximate surface area is 137 Å². The smallest absolute Gasteiger partial charge is 0.254 e. The molecule has 1 amide bonds. The molecule has 0 saturated carbocycles. The van der Waals surface area contributed by atoms with Gasteiger partial charge in [-0.15, -0.1) is 0 Å². The van der Waals surface area contributed by atoms with E-state index in [1.165, 1.54) is 5.56 Å². The van der Waals surface area contributed by atoms with E-state index in [1.807, 2.05) is 43.0 Å². The molecular formula is C19H22N2O2. The molecule has 4 heteroatoms. The molecule has 0 radical (unpaired) electrons. The van der Waals surface area contributed by atoms with Gasteiger partial charge in [-0.3, -0.25) is 9.78 Å².